The van der Waals surface area contributed by atoms with Crippen LogP contribution < -0.4 is 0 Å². The third kappa shape index (κ3) is 1.29. The highest BCUT2D eigenvalue weighted by Crippen LogP contribution is 2.19. The molecule has 3 rings (SSSR count). The summed E-state index contributed by atoms with van der Waals surface area (Å²) in [5.41, 5.74) is 0.887. The number of rotatable bonds is 1. The first-order valence-corrected chi connectivity index (χ1v) is 4.71. The molecular formula is C12H8N3. The Bertz CT molecular complexity index is 579. The minimum atomic E-state index is 0.887. The SMILES string of the molecule is [c]1ccc2ccccc2c1-n1nccn1. The van der Waals surface area contributed by atoms with Crippen LogP contribution in [-0.2, 0) is 0 Å². The van der Waals surface area contributed by atoms with Crippen molar-refractivity contribution in [2.45, 2.75) is 0 Å². The number of hydrogen-bond acceptors (Lipinski definition) is 2. The zero-order valence-corrected chi connectivity index (χ0v) is 7.96. The van der Waals surface area contributed by atoms with Crippen molar-refractivity contribution >= 4 is 10.8 Å². The number of fused-ring (bicyclic) bond motifs is 1. The van der Waals surface area contributed by atoms with Gasteiger partial charge in [-0.3, -0.25) is 0 Å². The van der Waals surface area contributed by atoms with Crippen molar-refractivity contribution < 1.29 is 0 Å². The summed E-state index contributed by atoms with van der Waals surface area (Å²) in [5.74, 6) is 0. The third-order valence-electron chi connectivity index (χ3n) is 2.32. The Kier molecular flexibility index (Phi) is 1.75. The van der Waals surface area contributed by atoms with Gasteiger partial charge in [-0.1, -0.05) is 36.4 Å². The molecule has 3 aromatic rings. The molecule has 71 valence electrons. The van der Waals surface area contributed by atoms with Crippen LogP contribution in [0, 0.1) is 6.07 Å². The van der Waals surface area contributed by atoms with Gasteiger partial charge in [-0.2, -0.15) is 15.0 Å². The molecule has 1 heterocycles. The maximum atomic E-state index is 4.11. The molecule has 3 nitrogen and oxygen atoms in total. The molecule has 0 aliphatic carbocycles. The molecule has 2 aromatic carbocycles. The lowest BCUT2D eigenvalue weighted by molar-refractivity contribution is 0.756. The van der Waals surface area contributed by atoms with Gasteiger partial charge in [0.2, 0.25) is 0 Å². The zero-order valence-electron chi connectivity index (χ0n) is 7.96. The molecule has 1 radical (unpaired) electrons. The maximum Gasteiger partial charge on any atom is 0.101 e. The molecule has 0 spiro atoms. The predicted octanol–water partition coefficient (Wildman–Crippen LogP) is 2.22. The number of hydrogen-bond donors (Lipinski definition) is 0. The normalized spacial score (nSPS) is 10.7. The summed E-state index contributed by atoms with van der Waals surface area (Å²) in [4.78, 5) is 1.59. The molecule has 0 atom stereocenters. The summed E-state index contributed by atoms with van der Waals surface area (Å²) >= 11 is 0. The van der Waals surface area contributed by atoms with Crippen LogP contribution in [0.25, 0.3) is 16.5 Å². The van der Waals surface area contributed by atoms with Crippen molar-refractivity contribution in [3.8, 4) is 5.69 Å². The van der Waals surface area contributed by atoms with E-state index in [2.05, 4.69) is 22.3 Å². The van der Waals surface area contributed by atoms with Crippen LogP contribution in [0.5, 0.6) is 0 Å². The highest BCUT2D eigenvalue weighted by molar-refractivity contribution is 5.89. The van der Waals surface area contributed by atoms with Crippen molar-refractivity contribution in [1.29, 1.82) is 0 Å². The Morgan fingerprint density at radius 3 is 2.67 bits per heavy atom. The van der Waals surface area contributed by atoms with Gasteiger partial charge in [-0.15, -0.1) is 0 Å². The molecule has 0 N–H and O–H groups in total. The smallest absolute Gasteiger partial charge is 0.101 e. The quantitative estimate of drug-likeness (QED) is 0.594. The highest BCUT2D eigenvalue weighted by atomic mass is 15.5. The maximum absolute atomic E-state index is 4.11. The number of nitrogens with zero attached hydrogens (tertiary/aromatic N) is 3. The van der Waals surface area contributed by atoms with E-state index in [9.17, 15) is 0 Å². The van der Waals surface area contributed by atoms with E-state index in [0.29, 0.717) is 0 Å². The van der Waals surface area contributed by atoms with E-state index in [1.807, 2.05) is 30.3 Å². The fourth-order valence-corrected chi connectivity index (χ4v) is 1.64. The lowest BCUT2D eigenvalue weighted by Crippen LogP contribution is -1.99. The fraction of sp³-hybridized carbons (Fsp3) is 0. The van der Waals surface area contributed by atoms with Crippen LogP contribution >= 0.6 is 0 Å². The van der Waals surface area contributed by atoms with Crippen molar-refractivity contribution in [3.63, 3.8) is 0 Å². The molecule has 0 aliphatic rings. The lowest BCUT2D eigenvalue weighted by atomic mass is 10.1. The van der Waals surface area contributed by atoms with Crippen molar-refractivity contribution in [1.82, 2.24) is 15.0 Å². The Morgan fingerprint density at radius 1 is 1.00 bits per heavy atom. The summed E-state index contributed by atoms with van der Waals surface area (Å²) in [7, 11) is 0. The Labute approximate surface area is 87.0 Å². The minimum Gasteiger partial charge on any atom is -0.157 e. The summed E-state index contributed by atoms with van der Waals surface area (Å²) in [6.45, 7) is 0. The monoisotopic (exact) mass is 194 g/mol. The second-order valence-electron chi connectivity index (χ2n) is 3.23. The second-order valence-corrected chi connectivity index (χ2v) is 3.23. The average Bonchev–Trinajstić information content (AvgIpc) is 2.82. The molecule has 0 bridgehead atoms. The van der Waals surface area contributed by atoms with Gasteiger partial charge in [-0.05, 0) is 5.39 Å². The highest BCUT2D eigenvalue weighted by Gasteiger charge is 2.02. The summed E-state index contributed by atoms with van der Waals surface area (Å²) < 4.78 is 0. The first-order chi connectivity index (χ1) is 7.45. The van der Waals surface area contributed by atoms with Gasteiger partial charge in [0.15, 0.2) is 0 Å². The second kappa shape index (κ2) is 3.20. The Balaban J connectivity index is 2.36. The van der Waals surface area contributed by atoms with E-state index in [0.717, 1.165) is 11.1 Å². The van der Waals surface area contributed by atoms with Crippen LogP contribution in [-0.4, -0.2) is 15.0 Å². The van der Waals surface area contributed by atoms with Crippen LogP contribution in [0.3, 0.4) is 0 Å². The molecule has 15 heavy (non-hydrogen) atoms. The van der Waals surface area contributed by atoms with Gasteiger partial charge in [0, 0.05) is 11.5 Å². The molecule has 0 unspecified atom stereocenters. The largest absolute Gasteiger partial charge is 0.157 e. The first-order valence-electron chi connectivity index (χ1n) is 4.71. The molecule has 0 saturated carbocycles. The molecule has 0 amide bonds. The molecule has 1 aromatic heterocycles. The standard InChI is InChI=1S/C12H8N3/c1-2-6-11-10(4-1)5-3-7-12(11)15-13-8-9-14-15/h1-6,8-9H. The van der Waals surface area contributed by atoms with Gasteiger partial charge in [0.1, 0.15) is 5.69 Å². The van der Waals surface area contributed by atoms with Crippen molar-refractivity contribution in [3.05, 3.63) is 54.9 Å². The van der Waals surface area contributed by atoms with Gasteiger partial charge >= 0.3 is 0 Å². The molecule has 0 fully saturated rings. The van der Waals surface area contributed by atoms with Crippen LogP contribution in [0.1, 0.15) is 0 Å². The molecule has 0 aliphatic heterocycles. The van der Waals surface area contributed by atoms with Gasteiger partial charge < -0.3 is 0 Å². The lowest BCUT2D eigenvalue weighted by Gasteiger charge is -2.03. The van der Waals surface area contributed by atoms with E-state index in [-0.39, 0.29) is 0 Å². The van der Waals surface area contributed by atoms with Gasteiger partial charge in [-0.25, -0.2) is 0 Å². The molecule has 3 heteroatoms. The Morgan fingerprint density at radius 2 is 1.80 bits per heavy atom. The van der Waals surface area contributed by atoms with Crippen LogP contribution in [0.4, 0.5) is 0 Å². The molecular weight excluding hydrogens is 186 g/mol. The van der Waals surface area contributed by atoms with E-state index in [4.69, 9.17) is 0 Å². The van der Waals surface area contributed by atoms with Crippen LogP contribution in [0.2, 0.25) is 0 Å². The van der Waals surface area contributed by atoms with Crippen molar-refractivity contribution in [2.75, 3.05) is 0 Å². The van der Waals surface area contributed by atoms with E-state index in [1.54, 1.807) is 17.2 Å². The number of aromatic nitrogens is 3. The number of benzene rings is 2. The van der Waals surface area contributed by atoms with Gasteiger partial charge in [0.25, 0.3) is 0 Å². The van der Waals surface area contributed by atoms with E-state index >= 15 is 0 Å². The summed E-state index contributed by atoms with van der Waals surface area (Å²) in [6, 6.07) is 15.2. The van der Waals surface area contributed by atoms with Gasteiger partial charge in [0.05, 0.1) is 12.4 Å². The first kappa shape index (κ1) is 8.17. The van der Waals surface area contributed by atoms with E-state index < -0.39 is 0 Å². The van der Waals surface area contributed by atoms with E-state index in [1.165, 1.54) is 5.39 Å². The summed E-state index contributed by atoms with van der Waals surface area (Å²) in [6.07, 6.45) is 3.32. The average molecular weight is 194 g/mol. The fourth-order valence-electron chi connectivity index (χ4n) is 1.64. The predicted molar refractivity (Wildman–Crippen MR) is 57.7 cm³/mol. The minimum absolute atomic E-state index is 0.887. The summed E-state index contributed by atoms with van der Waals surface area (Å²) in [5, 5.41) is 10.5. The third-order valence-corrected chi connectivity index (χ3v) is 2.32. The molecule has 0 saturated heterocycles. The zero-order chi connectivity index (χ0) is 10.1. The van der Waals surface area contributed by atoms with Crippen molar-refractivity contribution in [2.24, 2.45) is 0 Å². The van der Waals surface area contributed by atoms with Crippen LogP contribution in [0.15, 0.2) is 48.8 Å². The topological polar surface area (TPSA) is 30.7 Å². The Hall–Kier alpha value is -2.16.